The second-order valence-electron chi connectivity index (χ2n) is 11.1. The maximum absolute atomic E-state index is 14.2. The van der Waals surface area contributed by atoms with E-state index in [-0.39, 0.29) is 23.4 Å². The number of imidazole rings is 2. The summed E-state index contributed by atoms with van der Waals surface area (Å²) in [6.07, 6.45) is 5.56. The Balaban J connectivity index is 1.13. The molecule has 0 saturated carbocycles. The molecule has 224 valence electrons. The van der Waals surface area contributed by atoms with Gasteiger partial charge in [-0.15, -0.1) is 11.3 Å². The molecule has 43 heavy (non-hydrogen) atoms. The predicted octanol–water partition coefficient (Wildman–Crippen LogP) is 6.77. The van der Waals surface area contributed by atoms with Crippen LogP contribution in [0.4, 0.5) is 4.39 Å². The fourth-order valence-electron chi connectivity index (χ4n) is 5.56. The number of benzene rings is 1. The van der Waals surface area contributed by atoms with Gasteiger partial charge in [0.05, 0.1) is 30.6 Å². The Kier molecular flexibility index (Phi) is 8.47. The van der Waals surface area contributed by atoms with Crippen molar-refractivity contribution in [3.05, 3.63) is 93.5 Å². The summed E-state index contributed by atoms with van der Waals surface area (Å²) in [6.45, 7) is 7.28. The van der Waals surface area contributed by atoms with E-state index in [0.29, 0.717) is 29.6 Å². The standard InChI is InChI=1S/C31H32ClFN6O3S/c1-19(2)39-18-34-14-23(39)15-38-26-13-27(31(40)41)43-30(26)36-28(38)16-37-10-8-20(9-11-37)25-4-3-5-29(35-25)42-17-21-6-7-22(32)12-24(21)33/h3-7,12-14,18-20H,8-11,15-17H2,1-2H3,(H,40,41). The second-order valence-corrected chi connectivity index (χ2v) is 12.5. The third-order valence-corrected chi connectivity index (χ3v) is 9.11. The molecule has 1 fully saturated rings. The van der Waals surface area contributed by atoms with Crippen LogP contribution in [0.15, 0.2) is 55.0 Å². The number of aromatic nitrogens is 5. The van der Waals surface area contributed by atoms with E-state index < -0.39 is 11.8 Å². The van der Waals surface area contributed by atoms with Crippen molar-refractivity contribution in [2.45, 2.75) is 58.3 Å². The van der Waals surface area contributed by atoms with E-state index in [4.69, 9.17) is 26.3 Å². The highest BCUT2D eigenvalue weighted by atomic mass is 35.5. The van der Waals surface area contributed by atoms with Crippen molar-refractivity contribution >= 4 is 39.3 Å². The zero-order valence-electron chi connectivity index (χ0n) is 23.9. The number of carboxylic acids is 1. The van der Waals surface area contributed by atoms with Crippen molar-refractivity contribution in [1.29, 1.82) is 0 Å². The molecule has 0 aliphatic carbocycles. The number of rotatable bonds is 10. The molecule has 1 N–H and O–H groups in total. The number of hydrogen-bond acceptors (Lipinski definition) is 7. The van der Waals surface area contributed by atoms with Crippen LogP contribution in [-0.2, 0) is 19.7 Å². The number of thiophene rings is 1. The van der Waals surface area contributed by atoms with Crippen LogP contribution in [0.25, 0.3) is 10.3 Å². The van der Waals surface area contributed by atoms with Crippen molar-refractivity contribution in [3.8, 4) is 5.88 Å². The van der Waals surface area contributed by atoms with Crippen LogP contribution in [-0.4, -0.2) is 53.2 Å². The Labute approximate surface area is 257 Å². The SMILES string of the molecule is CC(C)n1cncc1Cn1c(CN2CCC(c3cccc(OCc4ccc(Cl)cc4F)n3)CC2)nc2sc(C(=O)O)cc21. The van der Waals surface area contributed by atoms with Crippen molar-refractivity contribution < 1.29 is 19.0 Å². The molecule has 5 heterocycles. The third-order valence-electron chi connectivity index (χ3n) is 7.87. The quantitative estimate of drug-likeness (QED) is 0.184. The summed E-state index contributed by atoms with van der Waals surface area (Å²) in [7, 11) is 0. The van der Waals surface area contributed by atoms with Gasteiger partial charge in [0.25, 0.3) is 0 Å². The lowest BCUT2D eigenvalue weighted by molar-refractivity contribution is 0.0702. The number of pyridine rings is 1. The van der Waals surface area contributed by atoms with Gasteiger partial charge < -0.3 is 19.0 Å². The lowest BCUT2D eigenvalue weighted by atomic mass is 9.93. The summed E-state index contributed by atoms with van der Waals surface area (Å²) < 4.78 is 24.2. The second kappa shape index (κ2) is 12.4. The minimum absolute atomic E-state index is 0.0773. The number of likely N-dealkylation sites (tertiary alicyclic amines) is 1. The van der Waals surface area contributed by atoms with Crippen LogP contribution in [0, 0.1) is 5.82 Å². The van der Waals surface area contributed by atoms with Gasteiger partial charge in [-0.25, -0.2) is 24.1 Å². The molecule has 0 bridgehead atoms. The van der Waals surface area contributed by atoms with Crippen LogP contribution in [0.5, 0.6) is 5.88 Å². The van der Waals surface area contributed by atoms with E-state index >= 15 is 0 Å². The summed E-state index contributed by atoms with van der Waals surface area (Å²) >= 11 is 7.06. The van der Waals surface area contributed by atoms with Crippen LogP contribution < -0.4 is 4.74 Å². The van der Waals surface area contributed by atoms with Gasteiger partial charge in [-0.2, -0.15) is 0 Å². The zero-order valence-corrected chi connectivity index (χ0v) is 25.5. The molecule has 0 unspecified atom stereocenters. The minimum Gasteiger partial charge on any atom is -0.477 e. The van der Waals surface area contributed by atoms with E-state index in [1.807, 2.05) is 24.7 Å². The van der Waals surface area contributed by atoms with E-state index in [2.05, 4.69) is 32.9 Å². The molecule has 9 nitrogen and oxygen atoms in total. The monoisotopic (exact) mass is 622 g/mol. The Morgan fingerprint density at radius 1 is 1.16 bits per heavy atom. The Hall–Kier alpha value is -3.80. The van der Waals surface area contributed by atoms with Gasteiger partial charge >= 0.3 is 5.97 Å². The van der Waals surface area contributed by atoms with E-state index in [1.54, 1.807) is 24.3 Å². The van der Waals surface area contributed by atoms with Gasteiger partial charge in [-0.1, -0.05) is 23.7 Å². The van der Waals surface area contributed by atoms with Gasteiger partial charge in [-0.05, 0) is 64.0 Å². The average molecular weight is 623 g/mol. The van der Waals surface area contributed by atoms with Gasteiger partial charge in [0.1, 0.15) is 28.0 Å². The number of carboxylic acid groups (broad SMARTS) is 1. The molecule has 0 radical (unpaired) electrons. The van der Waals surface area contributed by atoms with Crippen LogP contribution in [0.1, 0.15) is 71.1 Å². The molecule has 6 rings (SSSR count). The number of fused-ring (bicyclic) bond motifs is 1. The molecule has 1 aliphatic heterocycles. The first-order chi connectivity index (χ1) is 20.7. The highest BCUT2D eigenvalue weighted by Gasteiger charge is 2.25. The van der Waals surface area contributed by atoms with Gasteiger partial charge in [0, 0.05) is 40.5 Å². The molecular weight excluding hydrogens is 591 g/mol. The van der Waals surface area contributed by atoms with Gasteiger partial charge in [0.15, 0.2) is 0 Å². The molecule has 0 amide bonds. The first-order valence-electron chi connectivity index (χ1n) is 14.2. The molecule has 5 aromatic rings. The highest BCUT2D eigenvalue weighted by Crippen LogP contribution is 2.31. The lowest BCUT2D eigenvalue weighted by Gasteiger charge is -2.31. The highest BCUT2D eigenvalue weighted by molar-refractivity contribution is 7.20. The fraction of sp³-hybridized carbons (Fsp3) is 0.355. The van der Waals surface area contributed by atoms with Crippen molar-refractivity contribution in [3.63, 3.8) is 0 Å². The molecule has 4 aromatic heterocycles. The lowest BCUT2D eigenvalue weighted by Crippen LogP contribution is -2.33. The topological polar surface area (TPSA) is 98.3 Å². The fourth-order valence-corrected chi connectivity index (χ4v) is 6.61. The van der Waals surface area contributed by atoms with Crippen molar-refractivity contribution in [1.82, 2.24) is 29.0 Å². The van der Waals surface area contributed by atoms with E-state index in [0.717, 1.165) is 53.5 Å². The first-order valence-corrected chi connectivity index (χ1v) is 15.4. The molecule has 1 saturated heterocycles. The number of hydrogen-bond donors (Lipinski definition) is 1. The van der Waals surface area contributed by atoms with Crippen LogP contribution >= 0.6 is 22.9 Å². The summed E-state index contributed by atoms with van der Waals surface area (Å²) in [5.74, 6) is 0.331. The summed E-state index contributed by atoms with van der Waals surface area (Å²) in [6, 6.07) is 12.3. The molecule has 1 aliphatic rings. The molecular formula is C31H32ClFN6O3S. The minimum atomic E-state index is -0.939. The van der Waals surface area contributed by atoms with Crippen LogP contribution in [0.3, 0.4) is 0 Å². The van der Waals surface area contributed by atoms with E-state index in [1.165, 1.54) is 17.4 Å². The zero-order chi connectivity index (χ0) is 30.1. The largest absolute Gasteiger partial charge is 0.477 e. The third kappa shape index (κ3) is 6.43. The molecule has 0 atom stereocenters. The van der Waals surface area contributed by atoms with Crippen molar-refractivity contribution in [2.24, 2.45) is 0 Å². The van der Waals surface area contributed by atoms with Crippen molar-refractivity contribution in [2.75, 3.05) is 13.1 Å². The number of aromatic carboxylic acids is 1. The van der Waals surface area contributed by atoms with Crippen LogP contribution in [0.2, 0.25) is 5.02 Å². The molecule has 0 spiro atoms. The summed E-state index contributed by atoms with van der Waals surface area (Å²) in [5, 5.41) is 9.91. The Morgan fingerprint density at radius 2 is 1.98 bits per heavy atom. The maximum Gasteiger partial charge on any atom is 0.346 e. The predicted molar refractivity (Wildman–Crippen MR) is 164 cm³/mol. The summed E-state index contributed by atoms with van der Waals surface area (Å²) in [5.41, 5.74) is 3.28. The number of carbonyl (C=O) groups is 1. The number of piperidine rings is 1. The molecule has 12 heteroatoms. The van der Waals surface area contributed by atoms with Gasteiger partial charge in [0.2, 0.25) is 5.88 Å². The normalized spacial score (nSPS) is 14.6. The smallest absolute Gasteiger partial charge is 0.346 e. The first kappa shape index (κ1) is 29.3. The average Bonchev–Trinajstić information content (AvgIpc) is 3.70. The maximum atomic E-state index is 14.2. The summed E-state index contributed by atoms with van der Waals surface area (Å²) in [4.78, 5) is 29.0. The van der Waals surface area contributed by atoms with E-state index in [9.17, 15) is 14.3 Å². The number of ether oxygens (including phenoxy) is 1. The number of nitrogens with zero attached hydrogens (tertiary/aromatic N) is 6. The van der Waals surface area contributed by atoms with Gasteiger partial charge in [-0.3, -0.25) is 4.90 Å². The Bertz CT molecular complexity index is 1760. The molecule has 1 aromatic carbocycles. The number of halogens is 2. The Morgan fingerprint density at radius 3 is 2.72 bits per heavy atom.